The molecule has 0 bridgehead atoms. The summed E-state index contributed by atoms with van der Waals surface area (Å²) in [6.07, 6.45) is 1.11. The molecule has 2 heterocycles. The second-order valence-corrected chi connectivity index (χ2v) is 6.27. The van der Waals surface area contributed by atoms with E-state index in [1.165, 1.54) is 0 Å². The molecule has 7 heteroatoms. The Morgan fingerprint density at radius 3 is 2.84 bits per heavy atom. The Bertz CT molecular complexity index is 756. The van der Waals surface area contributed by atoms with Crippen molar-refractivity contribution in [1.82, 2.24) is 20.4 Å². The molecule has 1 aromatic carbocycles. The third-order valence-corrected chi connectivity index (χ3v) is 4.19. The Morgan fingerprint density at radius 1 is 1.36 bits per heavy atom. The van der Waals surface area contributed by atoms with E-state index >= 15 is 0 Å². The summed E-state index contributed by atoms with van der Waals surface area (Å²) in [6.45, 7) is 3.88. The van der Waals surface area contributed by atoms with E-state index in [4.69, 9.17) is 0 Å². The highest BCUT2D eigenvalue weighted by Crippen LogP contribution is 2.18. The fraction of sp³-hybridized carbons (Fsp3) is 0.389. The van der Waals surface area contributed by atoms with Crippen LogP contribution in [0.4, 0.5) is 5.82 Å². The molecular weight excluding hydrogens is 318 g/mol. The number of nitrogens with zero attached hydrogens (tertiary/aromatic N) is 2. The summed E-state index contributed by atoms with van der Waals surface area (Å²) in [7, 11) is 0. The van der Waals surface area contributed by atoms with Crippen LogP contribution >= 0.6 is 0 Å². The van der Waals surface area contributed by atoms with E-state index in [1.54, 1.807) is 10.7 Å². The Kier molecular flexibility index (Phi) is 5.14. The summed E-state index contributed by atoms with van der Waals surface area (Å²) in [5, 5.41) is 13.5. The minimum atomic E-state index is -0.466. The van der Waals surface area contributed by atoms with Gasteiger partial charge in [0.05, 0.1) is 12.1 Å². The molecule has 0 radical (unpaired) electrons. The van der Waals surface area contributed by atoms with E-state index in [9.17, 15) is 9.59 Å². The molecule has 3 rings (SSSR count). The van der Waals surface area contributed by atoms with E-state index in [-0.39, 0.29) is 24.3 Å². The first-order valence-electron chi connectivity index (χ1n) is 8.50. The maximum Gasteiger partial charge on any atom is 0.229 e. The number of benzene rings is 1. The molecule has 1 saturated heterocycles. The van der Waals surface area contributed by atoms with Crippen LogP contribution in [0.3, 0.4) is 0 Å². The number of aryl methyl sites for hydroxylation is 1. The average Bonchev–Trinajstić information content (AvgIpc) is 2.95. The van der Waals surface area contributed by atoms with Gasteiger partial charge in [-0.1, -0.05) is 37.3 Å². The molecule has 25 heavy (non-hydrogen) atoms. The molecule has 2 aromatic rings. The summed E-state index contributed by atoms with van der Waals surface area (Å²) in [4.78, 5) is 24.3. The Hall–Kier alpha value is -2.67. The van der Waals surface area contributed by atoms with Crippen molar-refractivity contribution < 1.29 is 9.59 Å². The van der Waals surface area contributed by atoms with E-state index in [0.29, 0.717) is 12.2 Å². The standard InChI is InChI=1S/C18H23N5O2/c1-3-14-11-17(25)21-18(19-14)23-15(9-12(2)22-23)20-16(24)10-13-7-5-4-6-8-13/h4-9,14,18-19H,3,10-11H2,1-2H3,(H,20,24)(H,21,25). The SMILES string of the molecule is CCC1CC(=O)NC(n2nc(C)cc2NC(=O)Cc2ccccc2)N1. The lowest BCUT2D eigenvalue weighted by atomic mass is 10.1. The highest BCUT2D eigenvalue weighted by Gasteiger charge is 2.28. The largest absolute Gasteiger partial charge is 0.322 e. The second-order valence-electron chi connectivity index (χ2n) is 6.27. The molecule has 0 spiro atoms. The van der Waals surface area contributed by atoms with Crippen LogP contribution in [0.1, 0.15) is 37.3 Å². The first-order valence-corrected chi connectivity index (χ1v) is 8.50. The van der Waals surface area contributed by atoms with Gasteiger partial charge in [0.25, 0.3) is 0 Å². The van der Waals surface area contributed by atoms with Gasteiger partial charge >= 0.3 is 0 Å². The maximum absolute atomic E-state index is 12.4. The van der Waals surface area contributed by atoms with Crippen LogP contribution in [0, 0.1) is 6.92 Å². The van der Waals surface area contributed by atoms with Crippen LogP contribution in [0.15, 0.2) is 36.4 Å². The van der Waals surface area contributed by atoms with Crippen LogP contribution in [0.25, 0.3) is 0 Å². The number of hydrogen-bond acceptors (Lipinski definition) is 4. The van der Waals surface area contributed by atoms with Crippen molar-refractivity contribution in [3.8, 4) is 0 Å². The van der Waals surface area contributed by atoms with Gasteiger partial charge in [0.15, 0.2) is 6.29 Å². The maximum atomic E-state index is 12.4. The quantitative estimate of drug-likeness (QED) is 0.773. The van der Waals surface area contributed by atoms with Crippen molar-refractivity contribution in [3.05, 3.63) is 47.7 Å². The summed E-state index contributed by atoms with van der Waals surface area (Å²) in [5.74, 6) is 0.417. The first-order chi connectivity index (χ1) is 12.0. The molecule has 2 amide bonds. The summed E-state index contributed by atoms with van der Waals surface area (Å²) in [5.41, 5.74) is 1.71. The van der Waals surface area contributed by atoms with Crippen molar-refractivity contribution >= 4 is 17.6 Å². The molecule has 1 aliphatic rings. The molecule has 1 aromatic heterocycles. The van der Waals surface area contributed by atoms with Crippen LogP contribution < -0.4 is 16.0 Å². The zero-order chi connectivity index (χ0) is 17.8. The van der Waals surface area contributed by atoms with Crippen molar-refractivity contribution in [2.24, 2.45) is 0 Å². The van der Waals surface area contributed by atoms with Crippen LogP contribution in [-0.2, 0) is 16.0 Å². The van der Waals surface area contributed by atoms with Gasteiger partial charge in [-0.3, -0.25) is 14.9 Å². The number of aromatic nitrogens is 2. The molecule has 2 atom stereocenters. The first kappa shape index (κ1) is 17.2. The fourth-order valence-electron chi connectivity index (χ4n) is 2.93. The van der Waals surface area contributed by atoms with E-state index in [2.05, 4.69) is 21.0 Å². The third kappa shape index (κ3) is 4.24. The molecule has 3 N–H and O–H groups in total. The summed E-state index contributed by atoms with van der Waals surface area (Å²) in [6, 6.07) is 11.4. The van der Waals surface area contributed by atoms with Gasteiger partial charge in [0, 0.05) is 18.5 Å². The highest BCUT2D eigenvalue weighted by atomic mass is 16.2. The van der Waals surface area contributed by atoms with Gasteiger partial charge in [-0.05, 0) is 18.9 Å². The van der Waals surface area contributed by atoms with E-state index in [1.807, 2.05) is 44.2 Å². The van der Waals surface area contributed by atoms with Gasteiger partial charge in [-0.25, -0.2) is 4.68 Å². The van der Waals surface area contributed by atoms with Crippen molar-refractivity contribution in [3.63, 3.8) is 0 Å². The number of rotatable bonds is 5. The van der Waals surface area contributed by atoms with Gasteiger partial charge in [-0.2, -0.15) is 5.10 Å². The smallest absolute Gasteiger partial charge is 0.229 e. The van der Waals surface area contributed by atoms with Crippen molar-refractivity contribution in [2.75, 3.05) is 5.32 Å². The molecule has 0 saturated carbocycles. The molecule has 0 aliphatic carbocycles. The van der Waals surface area contributed by atoms with Gasteiger partial charge in [0.1, 0.15) is 5.82 Å². The minimum absolute atomic E-state index is 0.0229. The van der Waals surface area contributed by atoms with Gasteiger partial charge in [0.2, 0.25) is 11.8 Å². The second kappa shape index (κ2) is 7.48. The summed E-state index contributed by atoms with van der Waals surface area (Å²) < 4.78 is 1.62. The third-order valence-electron chi connectivity index (χ3n) is 4.19. The summed E-state index contributed by atoms with van der Waals surface area (Å²) >= 11 is 0. The molecule has 132 valence electrons. The Balaban J connectivity index is 1.74. The molecule has 7 nitrogen and oxygen atoms in total. The Labute approximate surface area is 146 Å². The average molecular weight is 341 g/mol. The highest BCUT2D eigenvalue weighted by molar-refractivity contribution is 5.91. The van der Waals surface area contributed by atoms with Gasteiger partial charge in [-0.15, -0.1) is 0 Å². The number of carbonyl (C=O) groups is 2. The van der Waals surface area contributed by atoms with Crippen molar-refractivity contribution in [1.29, 1.82) is 0 Å². The number of amides is 2. The fourth-order valence-corrected chi connectivity index (χ4v) is 2.93. The zero-order valence-corrected chi connectivity index (χ0v) is 14.5. The van der Waals surface area contributed by atoms with Crippen molar-refractivity contribution in [2.45, 2.75) is 45.4 Å². The Morgan fingerprint density at radius 2 is 2.12 bits per heavy atom. The molecule has 1 aliphatic heterocycles. The van der Waals surface area contributed by atoms with Crippen LogP contribution in [-0.4, -0.2) is 27.6 Å². The number of carbonyl (C=O) groups excluding carboxylic acids is 2. The van der Waals surface area contributed by atoms with Crippen LogP contribution in [0.2, 0.25) is 0 Å². The monoisotopic (exact) mass is 341 g/mol. The lowest BCUT2D eigenvalue weighted by molar-refractivity contribution is -0.125. The minimum Gasteiger partial charge on any atom is -0.322 e. The number of nitrogens with one attached hydrogen (secondary N) is 3. The number of hydrogen-bond donors (Lipinski definition) is 3. The normalized spacial score (nSPS) is 20.2. The van der Waals surface area contributed by atoms with E-state index < -0.39 is 6.29 Å². The zero-order valence-electron chi connectivity index (χ0n) is 14.5. The predicted molar refractivity (Wildman–Crippen MR) is 94.8 cm³/mol. The lowest BCUT2D eigenvalue weighted by Crippen LogP contribution is -2.53. The molecular formula is C18H23N5O2. The topological polar surface area (TPSA) is 88.1 Å². The molecule has 2 unspecified atom stereocenters. The predicted octanol–water partition coefficient (Wildman–Crippen LogP) is 1.72. The van der Waals surface area contributed by atoms with Gasteiger partial charge < -0.3 is 10.6 Å². The number of anilines is 1. The molecule has 1 fully saturated rings. The van der Waals surface area contributed by atoms with Crippen LogP contribution in [0.5, 0.6) is 0 Å². The van der Waals surface area contributed by atoms with E-state index in [0.717, 1.165) is 17.7 Å². The lowest BCUT2D eigenvalue weighted by Gasteiger charge is -2.31.